The Hall–Kier alpha value is -1.13. The number of halogens is 1. The summed E-state index contributed by atoms with van der Waals surface area (Å²) in [6.07, 6.45) is -2.01. The van der Waals surface area contributed by atoms with Crippen LogP contribution in [0.2, 0.25) is 0 Å². The summed E-state index contributed by atoms with van der Waals surface area (Å²) >= 11 is 0. The second-order valence-electron chi connectivity index (χ2n) is 2.08. The lowest BCUT2D eigenvalue weighted by molar-refractivity contribution is -0.308. The molecule has 1 aliphatic heterocycles. The maximum atomic E-state index is 12.2. The van der Waals surface area contributed by atoms with Gasteiger partial charge >= 0.3 is 0 Å². The van der Waals surface area contributed by atoms with E-state index in [-0.39, 0.29) is 6.42 Å². The quantitative estimate of drug-likeness (QED) is 0.463. The van der Waals surface area contributed by atoms with Crippen molar-refractivity contribution in [2.45, 2.75) is 18.6 Å². The number of carboxylic acids is 1. The van der Waals surface area contributed by atoms with Gasteiger partial charge in [0.05, 0.1) is 12.0 Å². The van der Waals surface area contributed by atoms with Gasteiger partial charge < -0.3 is 15.2 Å². The van der Waals surface area contributed by atoms with Crippen LogP contribution >= 0.6 is 0 Å². The molecule has 0 aliphatic carbocycles. The van der Waals surface area contributed by atoms with Crippen molar-refractivity contribution in [1.29, 1.82) is 0 Å². The van der Waals surface area contributed by atoms with Gasteiger partial charge in [-0.3, -0.25) is 4.79 Å². The molecule has 5 heteroatoms. The summed E-state index contributed by atoms with van der Waals surface area (Å²) in [5.41, 5.74) is 0. The highest BCUT2D eigenvalue weighted by Gasteiger charge is 2.32. The maximum absolute atomic E-state index is 12.2. The molecule has 1 amide bonds. The van der Waals surface area contributed by atoms with Crippen LogP contribution in [-0.2, 0) is 9.59 Å². The van der Waals surface area contributed by atoms with E-state index in [0.717, 1.165) is 0 Å². The third-order valence-corrected chi connectivity index (χ3v) is 1.33. The molecule has 1 rings (SSSR count). The van der Waals surface area contributed by atoms with Crippen LogP contribution in [0.5, 0.6) is 0 Å². The van der Waals surface area contributed by atoms with Crippen LogP contribution in [0.3, 0.4) is 0 Å². The van der Waals surface area contributed by atoms with E-state index in [4.69, 9.17) is 0 Å². The Morgan fingerprint density at radius 1 is 1.80 bits per heavy atom. The third kappa shape index (κ3) is 1.07. The van der Waals surface area contributed by atoms with E-state index in [1.54, 1.807) is 0 Å². The van der Waals surface area contributed by atoms with Crippen LogP contribution in [0.4, 0.5) is 4.39 Å². The number of amides is 1. The van der Waals surface area contributed by atoms with Gasteiger partial charge in [-0.05, 0) is 0 Å². The summed E-state index contributed by atoms with van der Waals surface area (Å²) < 4.78 is 12.2. The van der Waals surface area contributed by atoms with Crippen LogP contribution < -0.4 is 10.4 Å². The van der Waals surface area contributed by atoms with E-state index in [2.05, 4.69) is 0 Å². The number of hydrogen-bond acceptors (Lipinski definition) is 3. The van der Waals surface area contributed by atoms with Crippen molar-refractivity contribution in [3.05, 3.63) is 0 Å². The lowest BCUT2D eigenvalue weighted by Crippen LogP contribution is -2.42. The van der Waals surface area contributed by atoms with Crippen molar-refractivity contribution in [1.82, 2.24) is 5.32 Å². The van der Waals surface area contributed by atoms with Gasteiger partial charge in [0, 0.05) is 6.42 Å². The SMILES string of the molecule is O=C1N[C@@H](C(=O)[O-])C[C@@H]1F. The second kappa shape index (κ2) is 2.24. The van der Waals surface area contributed by atoms with Gasteiger partial charge in [-0.25, -0.2) is 4.39 Å². The summed E-state index contributed by atoms with van der Waals surface area (Å²) in [4.78, 5) is 20.3. The highest BCUT2D eigenvalue weighted by molar-refractivity contribution is 5.89. The number of aliphatic carboxylic acids is 1. The zero-order valence-corrected chi connectivity index (χ0v) is 4.96. The van der Waals surface area contributed by atoms with Crippen LogP contribution in [-0.4, -0.2) is 24.1 Å². The van der Waals surface area contributed by atoms with Crippen LogP contribution in [0, 0.1) is 0 Å². The Morgan fingerprint density at radius 2 is 2.40 bits per heavy atom. The molecule has 0 aromatic rings. The van der Waals surface area contributed by atoms with Crippen LogP contribution in [0.1, 0.15) is 6.42 Å². The molecule has 0 radical (unpaired) electrons. The molecule has 0 aromatic heterocycles. The van der Waals surface area contributed by atoms with Crippen molar-refractivity contribution >= 4 is 11.9 Å². The predicted molar refractivity (Wildman–Crippen MR) is 26.5 cm³/mol. The first kappa shape index (κ1) is 6.98. The number of carbonyl (C=O) groups excluding carboxylic acids is 2. The van der Waals surface area contributed by atoms with E-state index in [0.29, 0.717) is 0 Å². The van der Waals surface area contributed by atoms with Crippen molar-refractivity contribution in [2.75, 3.05) is 0 Å². The normalized spacial score (nSPS) is 31.9. The number of alkyl halides is 1. The van der Waals surface area contributed by atoms with Gasteiger partial charge in [0.25, 0.3) is 5.91 Å². The molecule has 56 valence electrons. The van der Waals surface area contributed by atoms with E-state index in [1.165, 1.54) is 0 Å². The molecule has 0 aromatic carbocycles. The predicted octanol–water partition coefficient (Wildman–Crippen LogP) is -2.04. The fraction of sp³-hybridized carbons (Fsp3) is 0.600. The zero-order valence-electron chi connectivity index (χ0n) is 4.96. The number of nitrogens with one attached hydrogen (secondary N) is 1. The molecule has 1 fully saturated rings. The Labute approximate surface area is 56.0 Å². The molecular formula is C5H5FNO3-. The highest BCUT2D eigenvalue weighted by Crippen LogP contribution is 2.10. The average Bonchev–Trinajstić information content (AvgIpc) is 2.13. The fourth-order valence-corrected chi connectivity index (χ4v) is 0.790. The van der Waals surface area contributed by atoms with Crippen LogP contribution in [0.25, 0.3) is 0 Å². The fourth-order valence-electron chi connectivity index (χ4n) is 0.790. The smallest absolute Gasteiger partial charge is 0.255 e. The number of rotatable bonds is 1. The lowest BCUT2D eigenvalue weighted by Gasteiger charge is -2.08. The first-order valence-corrected chi connectivity index (χ1v) is 2.76. The lowest BCUT2D eigenvalue weighted by atomic mass is 10.2. The summed E-state index contributed by atoms with van der Waals surface area (Å²) in [6, 6.07) is -1.15. The van der Waals surface area contributed by atoms with Gasteiger partial charge in [-0.1, -0.05) is 0 Å². The Balaban J connectivity index is 2.57. The summed E-state index contributed by atoms with van der Waals surface area (Å²) in [6.45, 7) is 0. The van der Waals surface area contributed by atoms with Crippen molar-refractivity contribution < 1.29 is 19.1 Å². The van der Waals surface area contributed by atoms with E-state index in [9.17, 15) is 19.1 Å². The summed E-state index contributed by atoms with van der Waals surface area (Å²) in [5, 5.41) is 11.9. The summed E-state index contributed by atoms with van der Waals surface area (Å²) in [5.74, 6) is -2.30. The minimum atomic E-state index is -1.69. The Morgan fingerprint density at radius 3 is 2.60 bits per heavy atom. The molecule has 0 saturated carbocycles. The van der Waals surface area contributed by atoms with Gasteiger partial charge in [0.2, 0.25) is 0 Å². The molecule has 1 saturated heterocycles. The molecule has 1 heterocycles. The van der Waals surface area contributed by atoms with E-state index >= 15 is 0 Å². The molecule has 4 nitrogen and oxygen atoms in total. The molecule has 0 bridgehead atoms. The standard InChI is InChI=1S/C5H6FNO3/c6-2-1-3(5(9)10)7-4(2)8/h2-3H,1H2,(H,7,8)(H,9,10)/p-1/t2-,3+/m0/s1. The molecular weight excluding hydrogens is 141 g/mol. The van der Waals surface area contributed by atoms with Crippen molar-refractivity contribution in [3.8, 4) is 0 Å². The van der Waals surface area contributed by atoms with E-state index in [1.807, 2.05) is 5.32 Å². The molecule has 0 spiro atoms. The Bertz CT molecular complexity index is 182. The van der Waals surface area contributed by atoms with Gasteiger partial charge in [-0.2, -0.15) is 0 Å². The average molecular weight is 146 g/mol. The van der Waals surface area contributed by atoms with Crippen molar-refractivity contribution in [3.63, 3.8) is 0 Å². The van der Waals surface area contributed by atoms with Crippen molar-refractivity contribution in [2.24, 2.45) is 0 Å². The first-order chi connectivity index (χ1) is 4.61. The third-order valence-electron chi connectivity index (χ3n) is 1.33. The van der Waals surface area contributed by atoms with Crippen LogP contribution in [0.15, 0.2) is 0 Å². The molecule has 0 unspecified atom stereocenters. The largest absolute Gasteiger partial charge is 0.548 e. The summed E-state index contributed by atoms with van der Waals surface area (Å²) in [7, 11) is 0. The molecule has 1 aliphatic rings. The van der Waals surface area contributed by atoms with E-state index < -0.39 is 24.1 Å². The topological polar surface area (TPSA) is 69.2 Å². The number of carboxylic acid groups (broad SMARTS) is 1. The number of carbonyl (C=O) groups is 2. The highest BCUT2D eigenvalue weighted by atomic mass is 19.1. The maximum Gasteiger partial charge on any atom is 0.255 e. The Kier molecular flexibility index (Phi) is 1.57. The minimum absolute atomic E-state index is 0.318. The van der Waals surface area contributed by atoms with Gasteiger partial charge in [0.15, 0.2) is 6.17 Å². The minimum Gasteiger partial charge on any atom is -0.548 e. The first-order valence-electron chi connectivity index (χ1n) is 2.76. The molecule has 10 heavy (non-hydrogen) atoms. The second-order valence-corrected chi connectivity index (χ2v) is 2.08. The van der Waals surface area contributed by atoms with Gasteiger partial charge in [-0.15, -0.1) is 0 Å². The molecule has 1 N–H and O–H groups in total. The zero-order chi connectivity index (χ0) is 7.72. The molecule has 2 atom stereocenters. The monoisotopic (exact) mass is 146 g/mol. The number of hydrogen-bond donors (Lipinski definition) is 1. The van der Waals surface area contributed by atoms with Gasteiger partial charge in [0.1, 0.15) is 0 Å².